The summed E-state index contributed by atoms with van der Waals surface area (Å²) in [4.78, 5) is 15.7. The number of aromatic nitrogens is 1. The molecule has 1 amide bonds. The predicted octanol–water partition coefficient (Wildman–Crippen LogP) is 2.28. The summed E-state index contributed by atoms with van der Waals surface area (Å²) < 4.78 is 0. The van der Waals surface area contributed by atoms with Gasteiger partial charge in [-0.15, -0.1) is 0 Å². The molecule has 2 rings (SSSR count). The lowest BCUT2D eigenvalue weighted by Crippen LogP contribution is -2.13. The van der Waals surface area contributed by atoms with E-state index in [1.807, 2.05) is 0 Å². The van der Waals surface area contributed by atoms with E-state index in [1.165, 1.54) is 30.5 Å². The second-order valence-electron chi connectivity index (χ2n) is 3.60. The predicted molar refractivity (Wildman–Crippen MR) is 69.7 cm³/mol. The van der Waals surface area contributed by atoms with Gasteiger partial charge in [0.25, 0.3) is 5.91 Å². The van der Waals surface area contributed by atoms with Crippen LogP contribution in [0, 0.1) is 0 Å². The van der Waals surface area contributed by atoms with Crippen LogP contribution in [0.1, 0.15) is 10.4 Å². The van der Waals surface area contributed by atoms with Crippen molar-refractivity contribution in [2.24, 2.45) is 0 Å². The maximum atomic E-state index is 11.9. The maximum Gasteiger partial charge on any atom is 0.257 e. The van der Waals surface area contributed by atoms with Crippen LogP contribution in [0.25, 0.3) is 0 Å². The second-order valence-corrected chi connectivity index (χ2v) is 4.03. The Labute approximate surface area is 108 Å². The van der Waals surface area contributed by atoms with Crippen molar-refractivity contribution in [1.29, 1.82) is 0 Å². The molecule has 0 fully saturated rings. The van der Waals surface area contributed by atoms with Gasteiger partial charge in [-0.1, -0.05) is 11.6 Å². The van der Waals surface area contributed by atoms with Gasteiger partial charge in [0.15, 0.2) is 11.6 Å². The number of nitrogen functional groups attached to an aromatic ring is 1. The van der Waals surface area contributed by atoms with Gasteiger partial charge in [0.2, 0.25) is 0 Å². The van der Waals surface area contributed by atoms with Gasteiger partial charge in [0.05, 0.1) is 0 Å². The molecule has 0 bridgehead atoms. The molecule has 1 heterocycles. The molecule has 0 aliphatic rings. The van der Waals surface area contributed by atoms with Crippen LogP contribution in [-0.4, -0.2) is 16.0 Å². The number of aromatic hydroxyl groups is 1. The number of benzene rings is 1. The van der Waals surface area contributed by atoms with Crippen LogP contribution in [-0.2, 0) is 0 Å². The van der Waals surface area contributed by atoms with Gasteiger partial charge in [0, 0.05) is 22.5 Å². The number of nitrogens with zero attached hydrogens (tertiary/aromatic N) is 1. The highest BCUT2D eigenvalue weighted by atomic mass is 35.5. The van der Waals surface area contributed by atoms with Gasteiger partial charge in [0.1, 0.15) is 0 Å². The molecule has 1 aromatic heterocycles. The fourth-order valence-corrected chi connectivity index (χ4v) is 1.66. The Morgan fingerprint density at radius 2 is 2.17 bits per heavy atom. The fourth-order valence-electron chi connectivity index (χ4n) is 1.42. The first-order valence-corrected chi connectivity index (χ1v) is 5.45. The minimum absolute atomic E-state index is 0.0843. The average molecular weight is 264 g/mol. The first-order chi connectivity index (χ1) is 8.56. The molecule has 5 nitrogen and oxygen atoms in total. The van der Waals surface area contributed by atoms with Gasteiger partial charge >= 0.3 is 0 Å². The van der Waals surface area contributed by atoms with Gasteiger partial charge in [-0.3, -0.25) is 4.79 Å². The Kier molecular flexibility index (Phi) is 3.34. The van der Waals surface area contributed by atoms with Crippen molar-refractivity contribution < 1.29 is 9.90 Å². The summed E-state index contributed by atoms with van der Waals surface area (Å²) in [5, 5.41) is 12.3. The monoisotopic (exact) mass is 263 g/mol. The highest BCUT2D eigenvalue weighted by molar-refractivity contribution is 6.31. The summed E-state index contributed by atoms with van der Waals surface area (Å²) in [6.07, 6.45) is 1.46. The number of carbonyl (C=O) groups excluding carboxylic acids is 1. The van der Waals surface area contributed by atoms with Gasteiger partial charge in [-0.25, -0.2) is 4.98 Å². The van der Waals surface area contributed by atoms with Crippen molar-refractivity contribution in [2.75, 3.05) is 11.1 Å². The van der Waals surface area contributed by atoms with Crippen LogP contribution in [0.2, 0.25) is 5.02 Å². The largest absolute Gasteiger partial charge is 0.504 e. The zero-order valence-corrected chi connectivity index (χ0v) is 9.98. The van der Waals surface area contributed by atoms with Crippen LogP contribution >= 0.6 is 11.6 Å². The minimum atomic E-state index is -0.446. The molecule has 0 saturated heterocycles. The third-order valence-electron chi connectivity index (χ3n) is 2.20. The lowest BCUT2D eigenvalue weighted by Gasteiger charge is -2.06. The van der Waals surface area contributed by atoms with E-state index in [0.717, 1.165) is 0 Å². The van der Waals surface area contributed by atoms with Crippen molar-refractivity contribution in [1.82, 2.24) is 4.98 Å². The minimum Gasteiger partial charge on any atom is -0.504 e. The molecule has 0 radical (unpaired) electrons. The highest BCUT2D eigenvalue weighted by Crippen LogP contribution is 2.21. The number of carbonyl (C=O) groups is 1. The standard InChI is InChI=1S/C12H10ClN3O2/c13-8-4-7(5-9(14)6-8)12(18)16-11-10(17)2-1-3-15-11/h1-6,17H,14H2,(H,15,16,18). The summed E-state index contributed by atoms with van der Waals surface area (Å²) in [7, 11) is 0. The number of rotatable bonds is 2. The third-order valence-corrected chi connectivity index (χ3v) is 2.42. The van der Waals surface area contributed by atoms with Crippen LogP contribution in [0.4, 0.5) is 11.5 Å². The van der Waals surface area contributed by atoms with E-state index < -0.39 is 5.91 Å². The number of amides is 1. The molecule has 6 heteroatoms. The van der Waals surface area contributed by atoms with E-state index in [4.69, 9.17) is 17.3 Å². The lowest BCUT2D eigenvalue weighted by molar-refractivity contribution is 0.102. The van der Waals surface area contributed by atoms with Crippen molar-refractivity contribution in [3.63, 3.8) is 0 Å². The van der Waals surface area contributed by atoms with Crippen molar-refractivity contribution >= 4 is 29.0 Å². The normalized spacial score (nSPS) is 10.1. The van der Waals surface area contributed by atoms with Crippen LogP contribution in [0.3, 0.4) is 0 Å². The number of anilines is 2. The lowest BCUT2D eigenvalue weighted by atomic mass is 10.2. The Balaban J connectivity index is 2.25. The van der Waals surface area contributed by atoms with Crippen LogP contribution in [0.5, 0.6) is 5.75 Å². The molecule has 0 aliphatic heterocycles. The van der Waals surface area contributed by atoms with E-state index in [-0.39, 0.29) is 11.6 Å². The van der Waals surface area contributed by atoms with Crippen LogP contribution < -0.4 is 11.1 Å². The van der Waals surface area contributed by atoms with E-state index in [1.54, 1.807) is 6.07 Å². The number of nitrogens with one attached hydrogen (secondary N) is 1. The Hall–Kier alpha value is -2.27. The Bertz CT molecular complexity index is 581. The molecule has 0 atom stereocenters. The zero-order chi connectivity index (χ0) is 13.1. The van der Waals surface area contributed by atoms with E-state index in [0.29, 0.717) is 16.3 Å². The summed E-state index contributed by atoms with van der Waals surface area (Å²) >= 11 is 5.80. The SMILES string of the molecule is Nc1cc(Cl)cc(C(=O)Nc2ncccc2O)c1. The molecule has 4 N–H and O–H groups in total. The molecule has 92 valence electrons. The summed E-state index contributed by atoms with van der Waals surface area (Å²) in [5.74, 6) is -0.472. The van der Waals surface area contributed by atoms with Gasteiger partial charge < -0.3 is 16.2 Å². The first-order valence-electron chi connectivity index (χ1n) is 5.07. The molecule has 0 aliphatic carbocycles. The number of pyridine rings is 1. The fraction of sp³-hybridized carbons (Fsp3) is 0. The first kappa shape index (κ1) is 12.2. The van der Waals surface area contributed by atoms with Crippen molar-refractivity contribution in [2.45, 2.75) is 0 Å². The summed E-state index contributed by atoms with van der Waals surface area (Å²) in [6.45, 7) is 0. The van der Waals surface area contributed by atoms with E-state index in [2.05, 4.69) is 10.3 Å². The molecule has 0 spiro atoms. The molecule has 2 aromatic rings. The third kappa shape index (κ3) is 2.70. The quantitative estimate of drug-likeness (QED) is 0.725. The Morgan fingerprint density at radius 1 is 1.39 bits per heavy atom. The topological polar surface area (TPSA) is 88.2 Å². The molecular weight excluding hydrogens is 254 g/mol. The van der Waals surface area contributed by atoms with Gasteiger partial charge in [-0.2, -0.15) is 0 Å². The van der Waals surface area contributed by atoms with Crippen molar-refractivity contribution in [3.8, 4) is 5.75 Å². The number of halogens is 1. The smallest absolute Gasteiger partial charge is 0.257 e. The molecular formula is C12H10ClN3O2. The number of nitrogens with two attached hydrogens (primary N) is 1. The summed E-state index contributed by atoms with van der Waals surface area (Å²) in [5.41, 5.74) is 6.27. The zero-order valence-electron chi connectivity index (χ0n) is 9.22. The van der Waals surface area contributed by atoms with Gasteiger partial charge in [-0.05, 0) is 30.3 Å². The molecule has 0 saturated carbocycles. The highest BCUT2D eigenvalue weighted by Gasteiger charge is 2.10. The number of hydrogen-bond acceptors (Lipinski definition) is 4. The summed E-state index contributed by atoms with van der Waals surface area (Å²) in [6, 6.07) is 7.49. The van der Waals surface area contributed by atoms with Crippen molar-refractivity contribution in [3.05, 3.63) is 47.1 Å². The van der Waals surface area contributed by atoms with E-state index >= 15 is 0 Å². The van der Waals surface area contributed by atoms with Crippen LogP contribution in [0.15, 0.2) is 36.5 Å². The molecule has 1 aromatic carbocycles. The maximum absolute atomic E-state index is 11.9. The molecule has 18 heavy (non-hydrogen) atoms. The van der Waals surface area contributed by atoms with E-state index in [9.17, 15) is 9.90 Å². The average Bonchev–Trinajstić information content (AvgIpc) is 2.31. The Morgan fingerprint density at radius 3 is 2.83 bits per heavy atom. The molecule has 0 unspecified atom stereocenters. The number of hydrogen-bond donors (Lipinski definition) is 3. The second kappa shape index (κ2) is 4.93.